The van der Waals surface area contributed by atoms with Gasteiger partial charge in [-0.3, -0.25) is 0 Å². The summed E-state index contributed by atoms with van der Waals surface area (Å²) in [5.74, 6) is 0.664. The summed E-state index contributed by atoms with van der Waals surface area (Å²) >= 11 is 0. The molecule has 0 aliphatic rings. The summed E-state index contributed by atoms with van der Waals surface area (Å²) in [4.78, 5) is 0. The summed E-state index contributed by atoms with van der Waals surface area (Å²) in [6.45, 7) is 4.60. The van der Waals surface area contributed by atoms with Gasteiger partial charge in [-0.05, 0) is 26.0 Å². The normalized spacial score (nSPS) is 12.4. The smallest absolute Gasteiger partial charge is 0.126 e. The van der Waals surface area contributed by atoms with E-state index in [2.05, 4.69) is 10.3 Å². The molecule has 1 N–H and O–H groups in total. The first-order valence-electron chi connectivity index (χ1n) is 5.88. The molecule has 0 radical (unpaired) electrons. The molecule has 5 nitrogen and oxygen atoms in total. The van der Waals surface area contributed by atoms with E-state index in [0.717, 1.165) is 11.1 Å². The number of aliphatic hydroxyl groups is 1. The molecule has 1 aromatic heterocycles. The zero-order valence-electron chi connectivity index (χ0n) is 10.8. The quantitative estimate of drug-likeness (QED) is 0.893. The predicted octanol–water partition coefficient (Wildman–Crippen LogP) is 1.70. The van der Waals surface area contributed by atoms with E-state index in [4.69, 9.17) is 4.74 Å². The van der Waals surface area contributed by atoms with E-state index in [-0.39, 0.29) is 0 Å². The lowest BCUT2D eigenvalue weighted by molar-refractivity contribution is 0.203. The van der Waals surface area contributed by atoms with Crippen LogP contribution in [0.1, 0.15) is 29.8 Å². The summed E-state index contributed by atoms with van der Waals surface area (Å²) in [6, 6.07) is 5.72. The Balaban J connectivity index is 2.45. The van der Waals surface area contributed by atoms with Gasteiger partial charge in [-0.15, -0.1) is 5.10 Å². The third-order valence-electron chi connectivity index (χ3n) is 2.91. The molecule has 0 bridgehead atoms. The van der Waals surface area contributed by atoms with E-state index in [1.165, 1.54) is 0 Å². The molecular formula is C13H17N3O2. The van der Waals surface area contributed by atoms with Gasteiger partial charge in [-0.1, -0.05) is 16.8 Å². The van der Waals surface area contributed by atoms with Crippen LogP contribution in [0.5, 0.6) is 5.75 Å². The van der Waals surface area contributed by atoms with Gasteiger partial charge in [0.2, 0.25) is 0 Å². The summed E-state index contributed by atoms with van der Waals surface area (Å²) < 4.78 is 6.96. The number of rotatable bonds is 4. The van der Waals surface area contributed by atoms with E-state index in [9.17, 15) is 5.11 Å². The fourth-order valence-electron chi connectivity index (χ4n) is 1.95. The third-order valence-corrected chi connectivity index (χ3v) is 2.91. The molecule has 18 heavy (non-hydrogen) atoms. The third kappa shape index (κ3) is 2.22. The van der Waals surface area contributed by atoms with Crippen molar-refractivity contribution >= 4 is 0 Å². The van der Waals surface area contributed by atoms with Gasteiger partial charge >= 0.3 is 0 Å². The Kier molecular flexibility index (Phi) is 3.62. The highest BCUT2D eigenvalue weighted by molar-refractivity contribution is 5.41. The van der Waals surface area contributed by atoms with Crippen LogP contribution in [0.3, 0.4) is 0 Å². The van der Waals surface area contributed by atoms with Crippen molar-refractivity contribution in [1.82, 2.24) is 15.0 Å². The van der Waals surface area contributed by atoms with Crippen LogP contribution in [-0.2, 0) is 6.54 Å². The monoisotopic (exact) mass is 247 g/mol. The van der Waals surface area contributed by atoms with Gasteiger partial charge < -0.3 is 9.84 Å². The minimum atomic E-state index is -0.783. The van der Waals surface area contributed by atoms with E-state index >= 15 is 0 Å². The van der Waals surface area contributed by atoms with Crippen molar-refractivity contribution in [3.63, 3.8) is 0 Å². The Labute approximate surface area is 106 Å². The highest BCUT2D eigenvalue weighted by Gasteiger charge is 2.19. The zero-order chi connectivity index (χ0) is 13.1. The fraction of sp³-hybridized carbons (Fsp3) is 0.385. The van der Waals surface area contributed by atoms with Gasteiger partial charge in [0.15, 0.2) is 0 Å². The standard InChI is InChI=1S/C13H17N3O2/c1-4-16-11(8-14-15-16)13(17)10-7-9(2)5-6-12(10)18-3/h5-8,13,17H,4H2,1-3H3. The molecule has 0 aliphatic carbocycles. The van der Waals surface area contributed by atoms with Gasteiger partial charge in [0.05, 0.1) is 19.0 Å². The molecule has 0 amide bonds. The number of methoxy groups -OCH3 is 1. The Morgan fingerprint density at radius 1 is 1.44 bits per heavy atom. The summed E-state index contributed by atoms with van der Waals surface area (Å²) in [7, 11) is 1.59. The topological polar surface area (TPSA) is 60.2 Å². The second-order valence-corrected chi connectivity index (χ2v) is 4.12. The predicted molar refractivity (Wildman–Crippen MR) is 67.5 cm³/mol. The van der Waals surface area contributed by atoms with E-state index in [1.54, 1.807) is 18.0 Å². The van der Waals surface area contributed by atoms with Crippen LogP contribution in [0, 0.1) is 6.92 Å². The maximum absolute atomic E-state index is 10.4. The summed E-state index contributed by atoms with van der Waals surface area (Å²) in [5, 5.41) is 18.2. The number of aryl methyl sites for hydroxylation is 2. The lowest BCUT2D eigenvalue weighted by Crippen LogP contribution is -2.10. The van der Waals surface area contributed by atoms with Crippen LogP contribution in [0.25, 0.3) is 0 Å². The van der Waals surface area contributed by atoms with Crippen LogP contribution in [-0.4, -0.2) is 27.2 Å². The Hall–Kier alpha value is -1.88. The minimum Gasteiger partial charge on any atom is -0.496 e. The molecule has 96 valence electrons. The average molecular weight is 247 g/mol. The first kappa shape index (κ1) is 12.6. The molecule has 2 aromatic rings. The molecule has 0 saturated heterocycles. The van der Waals surface area contributed by atoms with Gasteiger partial charge in [0, 0.05) is 12.1 Å². The van der Waals surface area contributed by atoms with E-state index in [0.29, 0.717) is 18.0 Å². The van der Waals surface area contributed by atoms with Crippen LogP contribution in [0.4, 0.5) is 0 Å². The lowest BCUT2D eigenvalue weighted by atomic mass is 10.0. The summed E-state index contributed by atoms with van der Waals surface area (Å²) in [6.07, 6.45) is 0.797. The van der Waals surface area contributed by atoms with Crippen LogP contribution < -0.4 is 4.74 Å². The van der Waals surface area contributed by atoms with Gasteiger partial charge in [-0.25, -0.2) is 4.68 Å². The Bertz CT molecular complexity index is 537. The number of hydrogen-bond acceptors (Lipinski definition) is 4. The first-order chi connectivity index (χ1) is 8.67. The number of ether oxygens (including phenoxy) is 1. The Morgan fingerprint density at radius 3 is 2.89 bits per heavy atom. The second kappa shape index (κ2) is 5.18. The second-order valence-electron chi connectivity index (χ2n) is 4.12. The van der Waals surface area contributed by atoms with Gasteiger partial charge in [-0.2, -0.15) is 0 Å². The number of nitrogens with zero attached hydrogens (tertiary/aromatic N) is 3. The number of hydrogen-bond donors (Lipinski definition) is 1. The van der Waals surface area contributed by atoms with Crippen LogP contribution in [0.2, 0.25) is 0 Å². The number of benzene rings is 1. The first-order valence-corrected chi connectivity index (χ1v) is 5.88. The SMILES string of the molecule is CCn1nncc1C(O)c1cc(C)ccc1OC. The van der Waals surface area contributed by atoms with Crippen molar-refractivity contribution in [2.45, 2.75) is 26.5 Å². The molecule has 2 rings (SSSR count). The van der Waals surface area contributed by atoms with Gasteiger partial charge in [0.25, 0.3) is 0 Å². The molecule has 0 fully saturated rings. The molecule has 0 saturated carbocycles. The van der Waals surface area contributed by atoms with E-state index < -0.39 is 6.10 Å². The van der Waals surface area contributed by atoms with Crippen molar-refractivity contribution in [1.29, 1.82) is 0 Å². The minimum absolute atomic E-state index is 0.664. The maximum atomic E-state index is 10.4. The van der Waals surface area contributed by atoms with Gasteiger partial charge in [0.1, 0.15) is 11.9 Å². The van der Waals surface area contributed by atoms with E-state index in [1.807, 2.05) is 32.0 Å². The molecule has 0 aliphatic heterocycles. The number of aliphatic hydroxyl groups excluding tert-OH is 1. The van der Waals surface area contributed by atoms with Crippen molar-refractivity contribution < 1.29 is 9.84 Å². The fourth-order valence-corrected chi connectivity index (χ4v) is 1.95. The van der Waals surface area contributed by atoms with Crippen molar-refractivity contribution in [2.24, 2.45) is 0 Å². The maximum Gasteiger partial charge on any atom is 0.126 e. The molecular weight excluding hydrogens is 230 g/mol. The van der Waals surface area contributed by atoms with Crippen LogP contribution in [0.15, 0.2) is 24.4 Å². The molecule has 1 aromatic carbocycles. The lowest BCUT2D eigenvalue weighted by Gasteiger charge is -2.15. The molecule has 1 heterocycles. The van der Waals surface area contributed by atoms with Crippen molar-refractivity contribution in [3.8, 4) is 5.75 Å². The molecule has 5 heteroatoms. The van der Waals surface area contributed by atoms with Crippen molar-refractivity contribution in [3.05, 3.63) is 41.2 Å². The molecule has 1 atom stereocenters. The van der Waals surface area contributed by atoms with Crippen molar-refractivity contribution in [2.75, 3.05) is 7.11 Å². The largest absolute Gasteiger partial charge is 0.496 e. The average Bonchev–Trinajstić information content (AvgIpc) is 2.86. The highest BCUT2D eigenvalue weighted by atomic mass is 16.5. The van der Waals surface area contributed by atoms with Crippen LogP contribution >= 0.6 is 0 Å². The Morgan fingerprint density at radius 2 is 2.22 bits per heavy atom. The molecule has 0 spiro atoms. The molecule has 1 unspecified atom stereocenters. The number of aromatic nitrogens is 3. The highest BCUT2D eigenvalue weighted by Crippen LogP contribution is 2.30. The summed E-state index contributed by atoms with van der Waals surface area (Å²) in [5.41, 5.74) is 2.47. The zero-order valence-corrected chi connectivity index (χ0v) is 10.8.